The number of amides is 4. The van der Waals surface area contributed by atoms with E-state index in [2.05, 4.69) is 16.0 Å². The number of hydrogen-bond donors (Lipinski definition) is 5. The van der Waals surface area contributed by atoms with E-state index in [1.807, 2.05) is 0 Å². The monoisotopic (exact) mass is 343 g/mol. The van der Waals surface area contributed by atoms with Gasteiger partial charge in [-0.15, -0.1) is 0 Å². The number of nitrogens with zero attached hydrogens (tertiary/aromatic N) is 1. The fourth-order valence-electron chi connectivity index (χ4n) is 2.21. The molecule has 1 atom stereocenters. The van der Waals surface area contributed by atoms with Crippen LogP contribution < -0.4 is 21.7 Å². The molecule has 1 fully saturated rings. The number of nitrogens with two attached hydrogens (primary N) is 1. The van der Waals surface area contributed by atoms with Gasteiger partial charge in [0.25, 0.3) is 0 Å². The number of carboxylic acids is 1. The van der Waals surface area contributed by atoms with E-state index in [-0.39, 0.29) is 19.6 Å². The summed E-state index contributed by atoms with van der Waals surface area (Å²) in [6.07, 6.45) is 1.07. The molecule has 24 heavy (non-hydrogen) atoms. The SMILES string of the molecule is NCC(=O)NCC(=O)N1CCCC1C(=O)NCC(=O)NCC(=O)O. The standard InChI is InChI=1S/C13H21N5O6/c14-4-9(19)15-6-11(21)18-3-1-2-8(18)13(24)17-5-10(20)16-7-12(22)23/h8H,1-7,14H2,(H,15,19)(H,16,20)(H,17,24)(H,22,23). The van der Waals surface area contributed by atoms with Gasteiger partial charge in [-0.2, -0.15) is 0 Å². The van der Waals surface area contributed by atoms with Crippen molar-refractivity contribution in [2.24, 2.45) is 5.73 Å². The Balaban J connectivity index is 2.44. The molecule has 0 aromatic heterocycles. The van der Waals surface area contributed by atoms with Crippen LogP contribution in [0.25, 0.3) is 0 Å². The minimum atomic E-state index is -1.19. The maximum atomic E-state index is 12.1. The summed E-state index contributed by atoms with van der Waals surface area (Å²) in [5.41, 5.74) is 5.12. The molecule has 134 valence electrons. The highest BCUT2D eigenvalue weighted by molar-refractivity contribution is 5.92. The highest BCUT2D eigenvalue weighted by Crippen LogP contribution is 2.17. The Hall–Kier alpha value is -2.69. The van der Waals surface area contributed by atoms with E-state index >= 15 is 0 Å². The molecule has 1 aliphatic heterocycles. The zero-order valence-electron chi connectivity index (χ0n) is 13.0. The van der Waals surface area contributed by atoms with Crippen LogP contribution in [0.15, 0.2) is 0 Å². The maximum Gasteiger partial charge on any atom is 0.322 e. The number of nitrogens with one attached hydrogen (secondary N) is 3. The molecule has 11 heteroatoms. The van der Waals surface area contributed by atoms with Gasteiger partial charge in [-0.1, -0.05) is 0 Å². The summed E-state index contributed by atoms with van der Waals surface area (Å²) < 4.78 is 0. The van der Waals surface area contributed by atoms with Crippen molar-refractivity contribution in [3.63, 3.8) is 0 Å². The summed E-state index contributed by atoms with van der Waals surface area (Å²) in [6.45, 7) is -1.03. The average Bonchev–Trinajstić information content (AvgIpc) is 3.04. The van der Waals surface area contributed by atoms with Crippen LogP contribution in [0.5, 0.6) is 0 Å². The van der Waals surface area contributed by atoms with Crippen LogP contribution in [0.3, 0.4) is 0 Å². The molecule has 4 amide bonds. The van der Waals surface area contributed by atoms with E-state index in [1.165, 1.54) is 4.90 Å². The third kappa shape index (κ3) is 6.20. The number of carboxylic acid groups (broad SMARTS) is 1. The molecule has 1 heterocycles. The topological polar surface area (TPSA) is 171 Å². The molecule has 1 saturated heterocycles. The molecule has 0 aromatic rings. The third-order valence-corrected chi connectivity index (χ3v) is 3.36. The van der Waals surface area contributed by atoms with Crippen molar-refractivity contribution in [3.05, 3.63) is 0 Å². The summed E-state index contributed by atoms with van der Waals surface area (Å²) in [7, 11) is 0. The normalized spacial score (nSPS) is 16.4. The molecule has 1 rings (SSSR count). The van der Waals surface area contributed by atoms with Gasteiger partial charge in [0, 0.05) is 6.54 Å². The van der Waals surface area contributed by atoms with Crippen LogP contribution in [0.1, 0.15) is 12.8 Å². The van der Waals surface area contributed by atoms with Gasteiger partial charge in [0.05, 0.1) is 19.6 Å². The van der Waals surface area contributed by atoms with Gasteiger partial charge < -0.3 is 31.7 Å². The average molecular weight is 343 g/mol. The van der Waals surface area contributed by atoms with E-state index in [4.69, 9.17) is 10.8 Å². The Labute approximate surface area is 137 Å². The summed E-state index contributed by atoms with van der Waals surface area (Å²) in [5, 5.41) is 15.2. The van der Waals surface area contributed by atoms with Crippen LogP contribution in [-0.2, 0) is 24.0 Å². The van der Waals surface area contributed by atoms with Gasteiger partial charge >= 0.3 is 5.97 Å². The minimum absolute atomic E-state index is 0.233. The highest BCUT2D eigenvalue weighted by atomic mass is 16.4. The van der Waals surface area contributed by atoms with Crippen molar-refractivity contribution >= 4 is 29.6 Å². The predicted octanol–water partition coefficient (Wildman–Crippen LogP) is -3.63. The molecule has 0 saturated carbocycles. The number of aliphatic carboxylic acids is 1. The van der Waals surface area contributed by atoms with Crippen LogP contribution >= 0.6 is 0 Å². The largest absolute Gasteiger partial charge is 0.480 e. The van der Waals surface area contributed by atoms with Crippen molar-refractivity contribution < 1.29 is 29.1 Å². The molecule has 1 unspecified atom stereocenters. The zero-order valence-corrected chi connectivity index (χ0v) is 13.0. The smallest absolute Gasteiger partial charge is 0.322 e. The number of rotatable bonds is 8. The lowest BCUT2D eigenvalue weighted by atomic mass is 10.2. The Bertz CT molecular complexity index is 523. The molecular weight excluding hydrogens is 322 g/mol. The molecule has 1 aliphatic rings. The molecule has 6 N–H and O–H groups in total. The first-order chi connectivity index (χ1) is 11.3. The minimum Gasteiger partial charge on any atom is -0.480 e. The molecule has 0 radical (unpaired) electrons. The van der Waals surface area contributed by atoms with Gasteiger partial charge in [-0.05, 0) is 12.8 Å². The zero-order chi connectivity index (χ0) is 18.1. The Morgan fingerprint density at radius 3 is 2.29 bits per heavy atom. The maximum absolute atomic E-state index is 12.1. The molecule has 11 nitrogen and oxygen atoms in total. The lowest BCUT2D eigenvalue weighted by Gasteiger charge is -2.24. The van der Waals surface area contributed by atoms with E-state index in [0.29, 0.717) is 19.4 Å². The molecule has 0 aliphatic carbocycles. The number of carbonyl (C=O) groups is 5. The highest BCUT2D eigenvalue weighted by Gasteiger charge is 2.33. The summed E-state index contributed by atoms with van der Waals surface area (Å²) in [6, 6.07) is -0.723. The first-order valence-electron chi connectivity index (χ1n) is 7.37. The van der Waals surface area contributed by atoms with Gasteiger partial charge in [-0.25, -0.2) is 0 Å². The first-order valence-corrected chi connectivity index (χ1v) is 7.37. The number of likely N-dealkylation sites (tertiary alicyclic amines) is 1. The lowest BCUT2D eigenvalue weighted by Crippen LogP contribution is -2.50. The summed E-state index contributed by atoms with van der Waals surface area (Å²) >= 11 is 0. The van der Waals surface area contributed by atoms with Crippen molar-refractivity contribution in [2.45, 2.75) is 18.9 Å². The van der Waals surface area contributed by atoms with E-state index in [1.54, 1.807) is 0 Å². The van der Waals surface area contributed by atoms with Gasteiger partial charge in [0.2, 0.25) is 23.6 Å². The van der Waals surface area contributed by atoms with E-state index in [0.717, 1.165) is 0 Å². The molecule has 0 spiro atoms. The van der Waals surface area contributed by atoms with Crippen LogP contribution in [0, 0.1) is 0 Å². The van der Waals surface area contributed by atoms with Crippen LogP contribution in [-0.4, -0.2) is 78.4 Å². The predicted molar refractivity (Wildman–Crippen MR) is 80.5 cm³/mol. The quantitative estimate of drug-likeness (QED) is 0.302. The Morgan fingerprint density at radius 1 is 1.00 bits per heavy atom. The molecule has 0 bridgehead atoms. The fraction of sp³-hybridized carbons (Fsp3) is 0.615. The first kappa shape index (κ1) is 19.4. The Morgan fingerprint density at radius 2 is 1.67 bits per heavy atom. The lowest BCUT2D eigenvalue weighted by molar-refractivity contribution is -0.139. The van der Waals surface area contributed by atoms with Gasteiger partial charge in [0.15, 0.2) is 0 Å². The number of carbonyl (C=O) groups excluding carboxylic acids is 4. The van der Waals surface area contributed by atoms with E-state index in [9.17, 15) is 24.0 Å². The van der Waals surface area contributed by atoms with Crippen LogP contribution in [0.2, 0.25) is 0 Å². The van der Waals surface area contributed by atoms with Crippen molar-refractivity contribution in [1.82, 2.24) is 20.9 Å². The summed E-state index contributed by atoms with van der Waals surface area (Å²) in [4.78, 5) is 58.2. The second kappa shape index (κ2) is 9.45. The Kier molecular flexibility index (Phi) is 7.62. The fourth-order valence-corrected chi connectivity index (χ4v) is 2.21. The van der Waals surface area contributed by atoms with Gasteiger partial charge in [-0.3, -0.25) is 24.0 Å². The second-order valence-electron chi connectivity index (χ2n) is 5.11. The molecular formula is C13H21N5O6. The van der Waals surface area contributed by atoms with Gasteiger partial charge in [0.1, 0.15) is 12.6 Å². The van der Waals surface area contributed by atoms with Crippen molar-refractivity contribution in [1.29, 1.82) is 0 Å². The third-order valence-electron chi connectivity index (χ3n) is 3.36. The van der Waals surface area contributed by atoms with E-state index < -0.39 is 42.2 Å². The van der Waals surface area contributed by atoms with Crippen molar-refractivity contribution in [2.75, 3.05) is 32.7 Å². The second-order valence-corrected chi connectivity index (χ2v) is 5.11. The van der Waals surface area contributed by atoms with Crippen LogP contribution in [0.4, 0.5) is 0 Å². The summed E-state index contributed by atoms with van der Waals surface area (Å²) in [5.74, 6) is -3.22. The van der Waals surface area contributed by atoms with Crippen molar-refractivity contribution in [3.8, 4) is 0 Å². The molecule has 0 aromatic carbocycles. The number of hydrogen-bond acceptors (Lipinski definition) is 6.